The van der Waals surface area contributed by atoms with E-state index in [1.807, 2.05) is 24.3 Å². The van der Waals surface area contributed by atoms with Crippen molar-refractivity contribution in [2.24, 2.45) is 0 Å². The minimum atomic E-state index is -0.253. The fourth-order valence-corrected chi connectivity index (χ4v) is 3.13. The molecule has 2 rings (SSSR count). The number of carbonyl (C=O) groups is 1. The summed E-state index contributed by atoms with van der Waals surface area (Å²) in [5.74, 6) is 1.95. The average Bonchev–Trinajstić information content (AvgIpc) is 2.71. The monoisotopic (exact) mass is 386 g/mol. The van der Waals surface area contributed by atoms with Gasteiger partial charge in [0.2, 0.25) is 5.75 Å². The lowest BCUT2D eigenvalue weighted by molar-refractivity contribution is 0.251. The van der Waals surface area contributed by atoms with Crippen molar-refractivity contribution in [1.82, 2.24) is 5.32 Å². The molecule has 0 aliphatic heterocycles. The zero-order chi connectivity index (χ0) is 20.7. The molecule has 0 aliphatic carbocycles. The van der Waals surface area contributed by atoms with E-state index in [9.17, 15) is 4.79 Å². The molecule has 0 saturated carbocycles. The van der Waals surface area contributed by atoms with Crippen LogP contribution in [0.4, 0.5) is 10.5 Å². The summed E-state index contributed by atoms with van der Waals surface area (Å²) in [5, 5.41) is 5.93. The van der Waals surface area contributed by atoms with Crippen LogP contribution in [0.3, 0.4) is 0 Å². The Morgan fingerprint density at radius 2 is 1.68 bits per heavy atom. The maximum absolute atomic E-state index is 12.6. The molecule has 0 aliphatic rings. The summed E-state index contributed by atoms with van der Waals surface area (Å²) in [5.41, 5.74) is 3.98. The molecular weight excluding hydrogens is 356 g/mol. The van der Waals surface area contributed by atoms with Crippen LogP contribution in [0.2, 0.25) is 0 Å². The van der Waals surface area contributed by atoms with Crippen molar-refractivity contribution in [3.63, 3.8) is 0 Å². The predicted molar refractivity (Wildman–Crippen MR) is 112 cm³/mol. The fraction of sp³-hybridized carbons (Fsp3) is 0.409. The second kappa shape index (κ2) is 9.88. The molecule has 6 nitrogen and oxygen atoms in total. The van der Waals surface area contributed by atoms with E-state index in [0.29, 0.717) is 29.7 Å². The molecule has 0 spiro atoms. The SMILES string of the molecule is CCc1cccc(C(C)C)c1NC(=O)NCc1cc(OC)c(OC)c(OC)c1. The molecule has 0 fully saturated rings. The molecule has 6 heteroatoms. The van der Waals surface area contributed by atoms with E-state index in [1.54, 1.807) is 21.3 Å². The molecule has 28 heavy (non-hydrogen) atoms. The molecule has 0 unspecified atom stereocenters. The zero-order valence-corrected chi connectivity index (χ0v) is 17.5. The number of anilines is 1. The summed E-state index contributed by atoms with van der Waals surface area (Å²) in [7, 11) is 4.69. The third kappa shape index (κ3) is 4.88. The molecule has 2 aromatic carbocycles. The minimum Gasteiger partial charge on any atom is -0.493 e. The molecule has 0 saturated heterocycles. The smallest absolute Gasteiger partial charge is 0.319 e. The molecule has 0 atom stereocenters. The van der Waals surface area contributed by atoms with Crippen LogP contribution in [0, 0.1) is 0 Å². The first-order valence-electron chi connectivity index (χ1n) is 9.40. The number of ether oxygens (including phenoxy) is 3. The number of benzene rings is 2. The van der Waals surface area contributed by atoms with Crippen LogP contribution in [0.5, 0.6) is 17.2 Å². The molecule has 2 amide bonds. The van der Waals surface area contributed by atoms with E-state index >= 15 is 0 Å². The topological polar surface area (TPSA) is 68.8 Å². The highest BCUT2D eigenvalue weighted by molar-refractivity contribution is 5.91. The summed E-state index contributed by atoms with van der Waals surface area (Å²) in [4.78, 5) is 12.6. The molecule has 0 aromatic heterocycles. The summed E-state index contributed by atoms with van der Waals surface area (Å²) in [6.45, 7) is 6.65. The van der Waals surface area contributed by atoms with E-state index < -0.39 is 0 Å². The van der Waals surface area contributed by atoms with Gasteiger partial charge in [0.05, 0.1) is 21.3 Å². The van der Waals surface area contributed by atoms with E-state index in [0.717, 1.165) is 28.8 Å². The normalized spacial score (nSPS) is 10.5. The van der Waals surface area contributed by atoms with Gasteiger partial charge in [-0.25, -0.2) is 4.79 Å². The lowest BCUT2D eigenvalue weighted by atomic mass is 9.96. The first-order chi connectivity index (χ1) is 13.4. The van der Waals surface area contributed by atoms with E-state index in [-0.39, 0.29) is 6.03 Å². The van der Waals surface area contributed by atoms with Crippen LogP contribution in [0.15, 0.2) is 30.3 Å². The molecule has 0 bridgehead atoms. The number of methoxy groups -OCH3 is 3. The quantitative estimate of drug-likeness (QED) is 0.689. The van der Waals surface area contributed by atoms with Gasteiger partial charge in [-0.3, -0.25) is 0 Å². The van der Waals surface area contributed by atoms with Gasteiger partial charge in [0, 0.05) is 12.2 Å². The van der Waals surface area contributed by atoms with Crippen LogP contribution in [-0.2, 0) is 13.0 Å². The van der Waals surface area contributed by atoms with Gasteiger partial charge in [0.1, 0.15) is 0 Å². The lowest BCUT2D eigenvalue weighted by Crippen LogP contribution is -2.29. The zero-order valence-electron chi connectivity index (χ0n) is 17.5. The number of hydrogen-bond acceptors (Lipinski definition) is 4. The van der Waals surface area contributed by atoms with Crippen LogP contribution in [0.25, 0.3) is 0 Å². The average molecular weight is 386 g/mol. The first kappa shape index (κ1) is 21.4. The summed E-state index contributed by atoms with van der Waals surface area (Å²) in [6.07, 6.45) is 0.850. The van der Waals surface area contributed by atoms with Crippen molar-refractivity contribution in [2.75, 3.05) is 26.6 Å². The van der Waals surface area contributed by atoms with Gasteiger partial charge in [0.15, 0.2) is 11.5 Å². The number of nitrogens with one attached hydrogen (secondary N) is 2. The molecule has 2 N–H and O–H groups in total. The number of aryl methyl sites for hydroxylation is 1. The Bertz CT molecular complexity index is 793. The van der Waals surface area contributed by atoms with E-state index in [4.69, 9.17) is 14.2 Å². The van der Waals surface area contributed by atoms with Crippen molar-refractivity contribution in [1.29, 1.82) is 0 Å². The van der Waals surface area contributed by atoms with E-state index in [2.05, 4.69) is 37.5 Å². The maximum Gasteiger partial charge on any atom is 0.319 e. The van der Waals surface area contributed by atoms with E-state index in [1.165, 1.54) is 0 Å². The Kier molecular flexibility index (Phi) is 7.55. The molecular formula is C22H30N2O4. The Hall–Kier alpha value is -2.89. The molecule has 0 radical (unpaired) electrons. The van der Waals surface area contributed by atoms with Crippen molar-refractivity contribution in [3.8, 4) is 17.2 Å². The molecule has 152 valence electrons. The van der Waals surface area contributed by atoms with Crippen LogP contribution < -0.4 is 24.8 Å². The fourth-order valence-electron chi connectivity index (χ4n) is 3.13. The van der Waals surface area contributed by atoms with Crippen molar-refractivity contribution < 1.29 is 19.0 Å². The predicted octanol–water partition coefficient (Wildman–Crippen LogP) is 4.72. The third-order valence-corrected chi connectivity index (χ3v) is 4.60. The second-order valence-electron chi connectivity index (χ2n) is 6.73. The number of carbonyl (C=O) groups excluding carboxylic acids is 1. The summed E-state index contributed by atoms with van der Waals surface area (Å²) >= 11 is 0. The number of para-hydroxylation sites is 1. The lowest BCUT2D eigenvalue weighted by Gasteiger charge is -2.18. The highest BCUT2D eigenvalue weighted by Crippen LogP contribution is 2.38. The Balaban J connectivity index is 2.16. The number of amides is 2. The van der Waals surface area contributed by atoms with Crippen LogP contribution in [0.1, 0.15) is 43.4 Å². The van der Waals surface area contributed by atoms with Gasteiger partial charge < -0.3 is 24.8 Å². The van der Waals surface area contributed by atoms with Gasteiger partial charge >= 0.3 is 6.03 Å². The van der Waals surface area contributed by atoms with Crippen molar-refractivity contribution in [2.45, 2.75) is 39.7 Å². The standard InChI is InChI=1S/C22H30N2O4/c1-7-16-9-8-10-17(14(2)3)20(16)24-22(25)23-13-15-11-18(26-4)21(28-6)19(12-15)27-5/h8-12,14H,7,13H2,1-6H3,(H2,23,24,25). The Labute approximate surface area is 167 Å². The van der Waals surface area contributed by atoms with Gasteiger partial charge in [0.25, 0.3) is 0 Å². The van der Waals surface area contributed by atoms with Gasteiger partial charge in [-0.05, 0) is 41.2 Å². The number of hydrogen-bond donors (Lipinski definition) is 2. The number of urea groups is 1. The summed E-state index contributed by atoms with van der Waals surface area (Å²) in [6, 6.07) is 9.52. The Morgan fingerprint density at radius 1 is 1.04 bits per heavy atom. The van der Waals surface area contributed by atoms with Gasteiger partial charge in [-0.1, -0.05) is 39.0 Å². The van der Waals surface area contributed by atoms with Crippen molar-refractivity contribution in [3.05, 3.63) is 47.0 Å². The Morgan fingerprint density at radius 3 is 2.18 bits per heavy atom. The molecule has 2 aromatic rings. The largest absolute Gasteiger partial charge is 0.493 e. The highest BCUT2D eigenvalue weighted by atomic mass is 16.5. The van der Waals surface area contributed by atoms with Crippen molar-refractivity contribution >= 4 is 11.7 Å². The minimum absolute atomic E-state index is 0.253. The molecule has 0 heterocycles. The number of rotatable bonds is 8. The van der Waals surface area contributed by atoms with Crippen LogP contribution in [-0.4, -0.2) is 27.4 Å². The van der Waals surface area contributed by atoms with Gasteiger partial charge in [-0.2, -0.15) is 0 Å². The van der Waals surface area contributed by atoms with Crippen LogP contribution >= 0.6 is 0 Å². The second-order valence-corrected chi connectivity index (χ2v) is 6.73. The van der Waals surface area contributed by atoms with Gasteiger partial charge in [-0.15, -0.1) is 0 Å². The maximum atomic E-state index is 12.6. The first-order valence-corrected chi connectivity index (χ1v) is 9.40. The highest BCUT2D eigenvalue weighted by Gasteiger charge is 2.15. The summed E-state index contributed by atoms with van der Waals surface area (Å²) < 4.78 is 16.1. The third-order valence-electron chi connectivity index (χ3n) is 4.60.